The molecular formula is C28H30N2O4. The van der Waals surface area contributed by atoms with Crippen LogP contribution in [0.5, 0.6) is 11.5 Å². The van der Waals surface area contributed by atoms with Gasteiger partial charge in [-0.1, -0.05) is 49.4 Å². The largest absolute Gasteiger partial charge is 0.486 e. The molecule has 6 nitrogen and oxygen atoms in total. The highest BCUT2D eigenvalue weighted by atomic mass is 16.6. The van der Waals surface area contributed by atoms with Crippen molar-refractivity contribution in [2.75, 3.05) is 26.3 Å². The van der Waals surface area contributed by atoms with Crippen molar-refractivity contribution in [3.8, 4) is 11.5 Å². The molecule has 0 spiro atoms. The van der Waals surface area contributed by atoms with E-state index in [9.17, 15) is 9.59 Å². The van der Waals surface area contributed by atoms with Crippen molar-refractivity contribution in [1.82, 2.24) is 10.2 Å². The number of likely N-dealkylation sites (tertiary alicyclic amines) is 1. The lowest BCUT2D eigenvalue weighted by molar-refractivity contribution is -0.127. The predicted octanol–water partition coefficient (Wildman–Crippen LogP) is 4.73. The van der Waals surface area contributed by atoms with E-state index in [-0.39, 0.29) is 23.8 Å². The normalized spacial score (nSPS) is 16.8. The number of rotatable bonds is 5. The summed E-state index contributed by atoms with van der Waals surface area (Å²) in [6, 6.07) is 19.6. The number of amides is 2. The Labute approximate surface area is 199 Å². The zero-order valence-corrected chi connectivity index (χ0v) is 19.5. The van der Waals surface area contributed by atoms with E-state index in [4.69, 9.17) is 9.47 Å². The maximum Gasteiger partial charge on any atom is 0.254 e. The Morgan fingerprint density at radius 1 is 0.971 bits per heavy atom. The van der Waals surface area contributed by atoms with Crippen LogP contribution < -0.4 is 14.8 Å². The molecule has 0 aromatic heterocycles. The molecule has 34 heavy (non-hydrogen) atoms. The summed E-state index contributed by atoms with van der Waals surface area (Å²) in [4.78, 5) is 28.2. The average Bonchev–Trinajstić information content (AvgIpc) is 2.90. The van der Waals surface area contributed by atoms with E-state index in [1.807, 2.05) is 65.6 Å². The molecule has 2 heterocycles. The molecule has 2 aliphatic rings. The SMILES string of the molecule is CCC(NC(=O)C1CCN(C(=O)c2cccc3ccccc23)CC1)c1ccc2c(c1)OCCO2. The third-order valence-corrected chi connectivity index (χ3v) is 6.87. The van der Waals surface area contributed by atoms with Gasteiger partial charge in [-0.05, 0) is 53.8 Å². The number of nitrogens with zero attached hydrogens (tertiary/aromatic N) is 1. The van der Waals surface area contributed by atoms with Gasteiger partial charge < -0.3 is 19.7 Å². The number of hydrogen-bond acceptors (Lipinski definition) is 4. The zero-order chi connectivity index (χ0) is 23.5. The second kappa shape index (κ2) is 9.75. The number of hydrogen-bond donors (Lipinski definition) is 1. The first-order chi connectivity index (χ1) is 16.6. The van der Waals surface area contributed by atoms with Crippen molar-refractivity contribution in [2.45, 2.75) is 32.2 Å². The minimum atomic E-state index is -0.0946. The monoisotopic (exact) mass is 458 g/mol. The van der Waals surface area contributed by atoms with E-state index in [2.05, 4.69) is 12.2 Å². The number of benzene rings is 3. The summed E-state index contributed by atoms with van der Waals surface area (Å²) < 4.78 is 11.3. The Morgan fingerprint density at radius 2 is 1.71 bits per heavy atom. The molecule has 1 atom stereocenters. The third kappa shape index (κ3) is 4.45. The van der Waals surface area contributed by atoms with Crippen LogP contribution in [-0.4, -0.2) is 43.0 Å². The smallest absolute Gasteiger partial charge is 0.254 e. The first-order valence-corrected chi connectivity index (χ1v) is 12.1. The average molecular weight is 459 g/mol. The van der Waals surface area contributed by atoms with Gasteiger partial charge in [-0.25, -0.2) is 0 Å². The molecule has 2 aliphatic heterocycles. The summed E-state index contributed by atoms with van der Waals surface area (Å²) in [5, 5.41) is 5.26. The summed E-state index contributed by atoms with van der Waals surface area (Å²) in [5.41, 5.74) is 1.74. The lowest BCUT2D eigenvalue weighted by atomic mass is 9.93. The molecule has 0 aliphatic carbocycles. The van der Waals surface area contributed by atoms with Crippen LogP contribution in [-0.2, 0) is 4.79 Å². The number of nitrogens with one attached hydrogen (secondary N) is 1. The van der Waals surface area contributed by atoms with Crippen LogP contribution in [0.4, 0.5) is 0 Å². The summed E-state index contributed by atoms with van der Waals surface area (Å²) in [6.07, 6.45) is 2.11. The van der Waals surface area contributed by atoms with Crippen molar-refractivity contribution >= 4 is 22.6 Å². The van der Waals surface area contributed by atoms with Gasteiger partial charge in [-0.15, -0.1) is 0 Å². The van der Waals surface area contributed by atoms with Gasteiger partial charge in [0.1, 0.15) is 13.2 Å². The van der Waals surface area contributed by atoms with Crippen LogP contribution in [0.3, 0.4) is 0 Å². The first-order valence-electron chi connectivity index (χ1n) is 12.1. The minimum absolute atomic E-state index is 0.0402. The topological polar surface area (TPSA) is 67.9 Å². The summed E-state index contributed by atoms with van der Waals surface area (Å²) in [5.74, 6) is 1.48. The Morgan fingerprint density at radius 3 is 2.50 bits per heavy atom. The zero-order valence-electron chi connectivity index (χ0n) is 19.5. The van der Waals surface area contributed by atoms with Gasteiger partial charge in [0.25, 0.3) is 5.91 Å². The third-order valence-electron chi connectivity index (χ3n) is 6.87. The Balaban J connectivity index is 1.21. The van der Waals surface area contributed by atoms with E-state index in [0.29, 0.717) is 39.1 Å². The minimum Gasteiger partial charge on any atom is -0.486 e. The van der Waals surface area contributed by atoms with Gasteiger partial charge in [0, 0.05) is 24.6 Å². The van der Waals surface area contributed by atoms with Crippen LogP contribution in [0, 0.1) is 5.92 Å². The molecule has 3 aromatic rings. The molecule has 1 saturated heterocycles. The molecule has 5 rings (SSSR count). The summed E-state index contributed by atoms with van der Waals surface area (Å²) in [7, 11) is 0. The standard InChI is InChI=1S/C28H30N2O4/c1-2-24(21-10-11-25-26(18-21)34-17-16-33-25)29-27(31)20-12-14-30(15-13-20)28(32)23-9-5-7-19-6-3-4-8-22(19)23/h3-11,18,20,24H,2,12-17H2,1H3,(H,29,31). The van der Waals surface area contributed by atoms with Gasteiger partial charge in [-0.2, -0.15) is 0 Å². The fourth-order valence-corrected chi connectivity index (χ4v) is 4.91. The quantitative estimate of drug-likeness (QED) is 0.600. The molecule has 1 N–H and O–H groups in total. The van der Waals surface area contributed by atoms with Crippen molar-refractivity contribution < 1.29 is 19.1 Å². The molecule has 6 heteroatoms. The second-order valence-electron chi connectivity index (χ2n) is 8.97. The van der Waals surface area contributed by atoms with Crippen molar-refractivity contribution in [1.29, 1.82) is 0 Å². The fourth-order valence-electron chi connectivity index (χ4n) is 4.91. The van der Waals surface area contributed by atoms with Crippen molar-refractivity contribution in [3.63, 3.8) is 0 Å². The molecule has 1 fully saturated rings. The fraction of sp³-hybridized carbons (Fsp3) is 0.357. The molecule has 0 saturated carbocycles. The van der Waals surface area contributed by atoms with Gasteiger partial charge in [0.15, 0.2) is 11.5 Å². The highest BCUT2D eigenvalue weighted by molar-refractivity contribution is 6.07. The van der Waals surface area contributed by atoms with Crippen LogP contribution in [0.25, 0.3) is 10.8 Å². The molecule has 0 radical (unpaired) electrons. The van der Waals surface area contributed by atoms with Crippen LogP contribution in [0.1, 0.15) is 48.1 Å². The number of fused-ring (bicyclic) bond motifs is 2. The number of carbonyl (C=O) groups is 2. The maximum absolute atomic E-state index is 13.2. The molecule has 1 unspecified atom stereocenters. The summed E-state index contributed by atoms with van der Waals surface area (Å²) >= 11 is 0. The molecule has 2 amide bonds. The molecule has 0 bridgehead atoms. The lowest BCUT2D eigenvalue weighted by Crippen LogP contribution is -2.43. The number of piperidine rings is 1. The predicted molar refractivity (Wildman–Crippen MR) is 131 cm³/mol. The highest BCUT2D eigenvalue weighted by Crippen LogP contribution is 2.33. The van der Waals surface area contributed by atoms with Crippen LogP contribution >= 0.6 is 0 Å². The van der Waals surface area contributed by atoms with Gasteiger partial charge in [0.05, 0.1) is 6.04 Å². The number of carbonyl (C=O) groups excluding carboxylic acids is 2. The van der Waals surface area contributed by atoms with Gasteiger partial charge in [0.2, 0.25) is 5.91 Å². The molecular weight excluding hydrogens is 428 g/mol. The highest BCUT2D eigenvalue weighted by Gasteiger charge is 2.29. The van der Waals surface area contributed by atoms with Crippen molar-refractivity contribution in [3.05, 3.63) is 71.8 Å². The summed E-state index contributed by atoms with van der Waals surface area (Å²) in [6.45, 7) is 4.33. The van der Waals surface area contributed by atoms with E-state index in [0.717, 1.165) is 39.8 Å². The van der Waals surface area contributed by atoms with Crippen LogP contribution in [0.2, 0.25) is 0 Å². The Bertz CT molecular complexity index is 1190. The van der Waals surface area contributed by atoms with Gasteiger partial charge in [-0.3, -0.25) is 9.59 Å². The second-order valence-corrected chi connectivity index (χ2v) is 8.97. The number of ether oxygens (including phenoxy) is 2. The van der Waals surface area contributed by atoms with E-state index in [1.54, 1.807) is 0 Å². The molecule has 176 valence electrons. The molecule has 3 aromatic carbocycles. The lowest BCUT2D eigenvalue weighted by Gasteiger charge is -2.32. The maximum atomic E-state index is 13.2. The van der Waals surface area contributed by atoms with Crippen LogP contribution in [0.15, 0.2) is 60.7 Å². The van der Waals surface area contributed by atoms with E-state index >= 15 is 0 Å². The van der Waals surface area contributed by atoms with E-state index < -0.39 is 0 Å². The van der Waals surface area contributed by atoms with E-state index in [1.165, 1.54) is 0 Å². The first kappa shape index (κ1) is 22.3. The Hall–Kier alpha value is -3.54. The Kier molecular flexibility index (Phi) is 6.39. The van der Waals surface area contributed by atoms with Crippen molar-refractivity contribution in [2.24, 2.45) is 5.92 Å². The van der Waals surface area contributed by atoms with Gasteiger partial charge >= 0.3 is 0 Å².